The van der Waals surface area contributed by atoms with Crippen molar-refractivity contribution in [3.63, 3.8) is 0 Å². The van der Waals surface area contributed by atoms with Gasteiger partial charge in [-0.1, -0.05) is 0 Å². The van der Waals surface area contributed by atoms with Crippen molar-refractivity contribution in [3.8, 4) is 0 Å². The van der Waals surface area contributed by atoms with Crippen molar-refractivity contribution in [1.29, 1.82) is 0 Å². The Kier molecular flexibility index (Phi) is 3.94. The smallest absolute Gasteiger partial charge is 0.268 e. The number of carbonyl (C=O) groups is 2. The number of anilines is 1. The molecule has 0 spiro atoms. The van der Waals surface area contributed by atoms with Crippen LogP contribution in [0.5, 0.6) is 0 Å². The number of amides is 2. The molecule has 1 aliphatic rings. The Morgan fingerprint density at radius 3 is 2.95 bits per heavy atom. The van der Waals surface area contributed by atoms with Gasteiger partial charge in [0.15, 0.2) is 0 Å². The molecule has 0 radical (unpaired) electrons. The van der Waals surface area contributed by atoms with Crippen molar-refractivity contribution in [2.75, 3.05) is 25.0 Å². The maximum Gasteiger partial charge on any atom is 0.268 e. The van der Waals surface area contributed by atoms with Crippen LogP contribution in [-0.4, -0.2) is 41.9 Å². The van der Waals surface area contributed by atoms with E-state index in [1.807, 2.05) is 4.90 Å². The average Bonchev–Trinajstić information content (AvgIpc) is 2.46. The molecule has 1 unspecified atom stereocenters. The first-order valence-electron chi connectivity index (χ1n) is 6.20. The molecular formula is C12H17N5O2. The number of carbonyl (C=O) groups excluding carboxylic acids is 2. The lowest BCUT2D eigenvalue weighted by molar-refractivity contribution is -0.124. The third kappa shape index (κ3) is 2.98. The zero-order chi connectivity index (χ0) is 13.8. The first kappa shape index (κ1) is 13.3. The number of rotatable bonds is 3. The van der Waals surface area contributed by atoms with Gasteiger partial charge in [0.05, 0.1) is 18.3 Å². The standard InChI is InChI=1S/C12H17N5O2/c1-14-12(19)8-3-2-4-17(7-8)10-6-15-5-9(16-10)11(13)18/h5-6,8H,2-4,7H2,1H3,(H2,13,18)(H,14,19). The molecule has 1 saturated heterocycles. The summed E-state index contributed by atoms with van der Waals surface area (Å²) in [6.07, 6.45) is 4.68. The predicted octanol–water partition coefficient (Wildman–Crippen LogP) is -0.462. The molecule has 7 heteroatoms. The second-order valence-corrected chi connectivity index (χ2v) is 4.53. The fraction of sp³-hybridized carbons (Fsp3) is 0.500. The first-order valence-corrected chi connectivity index (χ1v) is 6.20. The highest BCUT2D eigenvalue weighted by molar-refractivity contribution is 5.90. The average molecular weight is 263 g/mol. The van der Waals surface area contributed by atoms with Gasteiger partial charge in [-0.05, 0) is 12.8 Å². The largest absolute Gasteiger partial charge is 0.364 e. The summed E-state index contributed by atoms with van der Waals surface area (Å²) in [4.78, 5) is 32.9. The molecule has 1 fully saturated rings. The number of nitrogens with two attached hydrogens (primary N) is 1. The molecule has 0 saturated carbocycles. The van der Waals surface area contributed by atoms with Crippen molar-refractivity contribution >= 4 is 17.6 Å². The summed E-state index contributed by atoms with van der Waals surface area (Å²) >= 11 is 0. The zero-order valence-electron chi connectivity index (χ0n) is 10.8. The van der Waals surface area contributed by atoms with Crippen LogP contribution in [0.3, 0.4) is 0 Å². The second-order valence-electron chi connectivity index (χ2n) is 4.53. The first-order chi connectivity index (χ1) is 9.11. The maximum absolute atomic E-state index is 11.7. The van der Waals surface area contributed by atoms with E-state index in [4.69, 9.17) is 5.73 Å². The number of primary amides is 1. The Labute approximate surface area is 111 Å². The van der Waals surface area contributed by atoms with Gasteiger partial charge in [0.1, 0.15) is 11.5 Å². The quantitative estimate of drug-likeness (QED) is 0.768. The lowest BCUT2D eigenvalue weighted by Gasteiger charge is -2.32. The van der Waals surface area contributed by atoms with E-state index >= 15 is 0 Å². The van der Waals surface area contributed by atoms with E-state index in [0.29, 0.717) is 12.4 Å². The number of nitrogens with zero attached hydrogens (tertiary/aromatic N) is 3. The minimum absolute atomic E-state index is 0.0312. The molecule has 0 aromatic carbocycles. The SMILES string of the molecule is CNC(=O)C1CCCN(c2cncc(C(N)=O)n2)C1. The molecule has 1 aromatic rings. The van der Waals surface area contributed by atoms with Gasteiger partial charge in [0.25, 0.3) is 5.91 Å². The summed E-state index contributed by atoms with van der Waals surface area (Å²) < 4.78 is 0. The van der Waals surface area contributed by atoms with E-state index in [2.05, 4.69) is 15.3 Å². The Hall–Kier alpha value is -2.18. The van der Waals surface area contributed by atoms with Crippen molar-refractivity contribution in [1.82, 2.24) is 15.3 Å². The van der Waals surface area contributed by atoms with Gasteiger partial charge in [0, 0.05) is 20.1 Å². The molecule has 2 rings (SSSR count). The van der Waals surface area contributed by atoms with Crippen molar-refractivity contribution in [2.24, 2.45) is 11.7 Å². The Bertz CT molecular complexity index is 491. The van der Waals surface area contributed by atoms with Crippen molar-refractivity contribution < 1.29 is 9.59 Å². The minimum atomic E-state index is -0.603. The number of nitrogens with one attached hydrogen (secondary N) is 1. The van der Waals surface area contributed by atoms with E-state index in [9.17, 15) is 9.59 Å². The molecule has 102 valence electrons. The summed E-state index contributed by atoms with van der Waals surface area (Å²) in [6.45, 7) is 1.38. The van der Waals surface area contributed by atoms with Crippen LogP contribution in [0.1, 0.15) is 23.3 Å². The Morgan fingerprint density at radius 1 is 1.47 bits per heavy atom. The highest BCUT2D eigenvalue weighted by Gasteiger charge is 2.26. The van der Waals surface area contributed by atoms with Gasteiger partial charge in [-0.3, -0.25) is 14.6 Å². The van der Waals surface area contributed by atoms with E-state index < -0.39 is 5.91 Å². The molecule has 2 heterocycles. The number of aromatic nitrogens is 2. The molecule has 3 N–H and O–H groups in total. The number of piperidine rings is 1. The highest BCUT2D eigenvalue weighted by atomic mass is 16.2. The van der Waals surface area contributed by atoms with E-state index in [0.717, 1.165) is 19.4 Å². The summed E-state index contributed by atoms with van der Waals surface area (Å²) in [5, 5.41) is 2.66. The van der Waals surface area contributed by atoms with Crippen LogP contribution < -0.4 is 16.0 Å². The monoisotopic (exact) mass is 263 g/mol. The van der Waals surface area contributed by atoms with Crippen LogP contribution >= 0.6 is 0 Å². The van der Waals surface area contributed by atoms with Crippen molar-refractivity contribution in [3.05, 3.63) is 18.1 Å². The maximum atomic E-state index is 11.7. The molecule has 1 atom stereocenters. The molecular weight excluding hydrogens is 246 g/mol. The normalized spacial score (nSPS) is 19.0. The molecule has 1 aliphatic heterocycles. The molecule has 1 aromatic heterocycles. The van der Waals surface area contributed by atoms with Gasteiger partial charge in [-0.25, -0.2) is 4.98 Å². The van der Waals surface area contributed by atoms with Gasteiger partial charge < -0.3 is 16.0 Å². The van der Waals surface area contributed by atoms with Crippen LogP contribution in [0.4, 0.5) is 5.82 Å². The Balaban J connectivity index is 2.15. The van der Waals surface area contributed by atoms with Crippen LogP contribution in [0, 0.1) is 5.92 Å². The van der Waals surface area contributed by atoms with Crippen molar-refractivity contribution in [2.45, 2.75) is 12.8 Å². The fourth-order valence-electron chi connectivity index (χ4n) is 2.23. The summed E-state index contributed by atoms with van der Waals surface area (Å²) in [5.74, 6) is -0.0411. The number of hydrogen-bond acceptors (Lipinski definition) is 5. The third-order valence-electron chi connectivity index (χ3n) is 3.24. The summed E-state index contributed by atoms with van der Waals surface area (Å²) in [6, 6.07) is 0. The van der Waals surface area contributed by atoms with E-state index in [1.54, 1.807) is 13.2 Å². The predicted molar refractivity (Wildman–Crippen MR) is 69.6 cm³/mol. The highest BCUT2D eigenvalue weighted by Crippen LogP contribution is 2.21. The molecule has 2 amide bonds. The van der Waals surface area contributed by atoms with Gasteiger partial charge in [-0.2, -0.15) is 0 Å². The topological polar surface area (TPSA) is 101 Å². The fourth-order valence-corrected chi connectivity index (χ4v) is 2.23. The summed E-state index contributed by atoms with van der Waals surface area (Å²) in [7, 11) is 1.63. The van der Waals surface area contributed by atoms with Crippen LogP contribution in [-0.2, 0) is 4.79 Å². The lowest BCUT2D eigenvalue weighted by atomic mass is 9.97. The number of hydrogen-bond donors (Lipinski definition) is 2. The van der Waals surface area contributed by atoms with Crippen LogP contribution in [0.2, 0.25) is 0 Å². The lowest BCUT2D eigenvalue weighted by Crippen LogP contribution is -2.42. The molecule has 7 nitrogen and oxygen atoms in total. The molecule has 0 bridgehead atoms. The second kappa shape index (κ2) is 5.64. The van der Waals surface area contributed by atoms with E-state index in [1.165, 1.54) is 6.20 Å². The van der Waals surface area contributed by atoms with E-state index in [-0.39, 0.29) is 17.5 Å². The van der Waals surface area contributed by atoms with Gasteiger partial charge in [-0.15, -0.1) is 0 Å². The van der Waals surface area contributed by atoms with Gasteiger partial charge in [0.2, 0.25) is 5.91 Å². The van der Waals surface area contributed by atoms with Gasteiger partial charge >= 0.3 is 0 Å². The molecule has 19 heavy (non-hydrogen) atoms. The third-order valence-corrected chi connectivity index (χ3v) is 3.24. The summed E-state index contributed by atoms with van der Waals surface area (Å²) in [5.41, 5.74) is 5.32. The zero-order valence-corrected chi connectivity index (χ0v) is 10.8. The molecule has 0 aliphatic carbocycles. The Morgan fingerprint density at radius 2 is 2.26 bits per heavy atom. The van der Waals surface area contributed by atoms with Crippen LogP contribution in [0.15, 0.2) is 12.4 Å². The van der Waals surface area contributed by atoms with Crippen LogP contribution in [0.25, 0.3) is 0 Å². The minimum Gasteiger partial charge on any atom is -0.364 e.